The summed E-state index contributed by atoms with van der Waals surface area (Å²) in [5.74, 6) is -46.8. The third-order valence-electron chi connectivity index (χ3n) is 5.91. The van der Waals surface area contributed by atoms with E-state index in [1.807, 2.05) is 63.4 Å². The van der Waals surface area contributed by atoms with Crippen LogP contribution in [0.25, 0.3) is 22.6 Å². The molecule has 64 heavy (non-hydrogen) atoms. The third kappa shape index (κ3) is 16.7. The number of aromatic nitrogens is 3. The number of carbonyl (C=O) groups is 9. The molecule has 3 aromatic rings. The number of Topliss-reactive ketones (excluding diaryl/α,β-unsaturated/α-hetero) is 6. The second-order valence-corrected chi connectivity index (χ2v) is 10.1. The molecule has 1 radical (unpaired) electrons. The SMILES string of the molecule is O=C(OF)C(=O)C(F)(F)C(=O)C(F)(F)F.O=C(OF)C(=O)C(F)(F)C(=O)C(F)(F)F.O=C(OF)C(=O)C(F)(F)C(=O)C(F)(F)F.[Eu].c1ccc(-c2cccnc2-c2ccccn2)nc1. The van der Waals surface area contributed by atoms with Crippen LogP contribution < -0.4 is 0 Å². The number of carbonyl (C=O) groups excluding carboxylic acids is 9. The Labute approximate surface area is 378 Å². The molecule has 0 fully saturated rings. The Bertz CT molecular complexity index is 1970. The van der Waals surface area contributed by atoms with Crippen molar-refractivity contribution in [2.45, 2.75) is 36.3 Å². The first kappa shape index (κ1) is 60.3. The molecule has 0 N–H and O–H groups in total. The zero-order valence-electron chi connectivity index (χ0n) is 29.3. The molecule has 0 aliphatic carbocycles. The number of ketones is 6. The van der Waals surface area contributed by atoms with Crippen LogP contribution in [0.4, 0.5) is 79.4 Å². The summed E-state index contributed by atoms with van der Waals surface area (Å²) in [4.78, 5) is 109. The van der Waals surface area contributed by atoms with Gasteiger partial charge in [0.05, 0.1) is 17.1 Å². The first-order valence-electron chi connectivity index (χ1n) is 14.5. The minimum atomic E-state index is -6.03. The third-order valence-corrected chi connectivity index (χ3v) is 5.91. The number of hydrogen-bond donors (Lipinski definition) is 0. The molecule has 0 aliphatic rings. The predicted molar refractivity (Wildman–Crippen MR) is 155 cm³/mol. The van der Waals surface area contributed by atoms with Crippen molar-refractivity contribution in [3.8, 4) is 22.6 Å². The molecule has 3 heterocycles. The molecule has 3 aromatic heterocycles. The van der Waals surface area contributed by atoms with E-state index < -0.39 is 88.9 Å². The van der Waals surface area contributed by atoms with E-state index in [-0.39, 0.29) is 49.4 Å². The molecule has 0 unspecified atom stereocenters. The van der Waals surface area contributed by atoms with Gasteiger partial charge in [0.25, 0.3) is 0 Å². The Hall–Kier alpha value is -5.80. The zero-order chi connectivity index (χ0) is 49.5. The Morgan fingerprint density at radius 1 is 0.391 bits per heavy atom. The quantitative estimate of drug-likeness (QED) is 0.132. The van der Waals surface area contributed by atoms with Crippen molar-refractivity contribution < 1.29 is 187 Å². The normalized spacial score (nSPS) is 11.4. The summed E-state index contributed by atoms with van der Waals surface area (Å²) in [6.45, 7) is 0. The van der Waals surface area contributed by atoms with Crippen molar-refractivity contribution in [2.75, 3.05) is 0 Å². The van der Waals surface area contributed by atoms with Gasteiger partial charge in [0.15, 0.2) is 0 Å². The monoisotopic (exact) mass is 1100 g/mol. The number of nitrogens with zero attached hydrogens (tertiary/aromatic N) is 3. The molecule has 0 bridgehead atoms. The van der Waals surface area contributed by atoms with Gasteiger partial charge in [-0.3, -0.25) is 43.7 Å². The summed E-state index contributed by atoms with van der Waals surface area (Å²) >= 11 is 0. The van der Waals surface area contributed by atoms with Gasteiger partial charge in [-0.2, -0.15) is 65.9 Å². The summed E-state index contributed by atoms with van der Waals surface area (Å²) in [5.41, 5.74) is 3.62. The van der Waals surface area contributed by atoms with Gasteiger partial charge in [-0.25, -0.2) is 29.2 Å². The molecule has 351 valence electrons. The first-order chi connectivity index (χ1) is 28.6. The van der Waals surface area contributed by atoms with Crippen molar-refractivity contribution in [3.05, 3.63) is 67.1 Å². The van der Waals surface area contributed by atoms with Crippen LogP contribution in [-0.2, 0) is 58.0 Å². The molecular weight excluding hydrogens is 1090 g/mol. The van der Waals surface area contributed by atoms with Gasteiger partial charge in [0.2, 0.25) is 0 Å². The van der Waals surface area contributed by atoms with Crippen LogP contribution in [0.3, 0.4) is 0 Å². The van der Waals surface area contributed by atoms with Gasteiger partial charge >= 0.3 is 88.9 Å². The second-order valence-electron chi connectivity index (χ2n) is 10.1. The summed E-state index contributed by atoms with van der Waals surface area (Å²) < 4.78 is 209. The summed E-state index contributed by atoms with van der Waals surface area (Å²) in [5, 5.41) is 0. The Morgan fingerprint density at radius 2 is 0.672 bits per heavy atom. The smallest absolute Gasteiger partial charge is 0.282 e. The van der Waals surface area contributed by atoms with E-state index in [0.29, 0.717) is 0 Å². The molecule has 0 saturated heterocycles. The summed E-state index contributed by atoms with van der Waals surface area (Å²) in [6, 6.07) is 15.6. The number of rotatable bonds is 11. The van der Waals surface area contributed by atoms with Crippen molar-refractivity contribution in [2.24, 2.45) is 0 Å². The van der Waals surface area contributed by atoms with Gasteiger partial charge in [-0.1, -0.05) is 12.1 Å². The number of hydrogen-bond acceptors (Lipinski definition) is 15. The number of pyridine rings is 3. The average Bonchev–Trinajstić information content (AvgIpc) is 3.23. The summed E-state index contributed by atoms with van der Waals surface area (Å²) in [6.07, 6.45) is -12.8. The molecule has 0 aliphatic heterocycles. The van der Waals surface area contributed by atoms with E-state index in [2.05, 4.69) is 15.0 Å². The van der Waals surface area contributed by atoms with Crippen LogP contribution in [0.1, 0.15) is 0 Å². The minimum Gasteiger partial charge on any atom is -0.282 e. The van der Waals surface area contributed by atoms with E-state index in [9.17, 15) is 123 Å². The molecular formula is C30H11EuF18N3O12. The van der Waals surface area contributed by atoms with E-state index in [1.54, 1.807) is 18.6 Å². The molecule has 0 atom stereocenters. The van der Waals surface area contributed by atoms with Gasteiger partial charge in [0, 0.05) is 87.1 Å². The van der Waals surface area contributed by atoms with Crippen LogP contribution in [0.5, 0.6) is 0 Å². The fourth-order valence-corrected chi connectivity index (χ4v) is 3.17. The van der Waals surface area contributed by atoms with Gasteiger partial charge in [-0.05, 0) is 36.4 Å². The molecule has 0 saturated carbocycles. The van der Waals surface area contributed by atoms with Crippen LogP contribution in [-0.4, -0.2) is 104 Å². The van der Waals surface area contributed by atoms with Crippen LogP contribution in [0, 0.1) is 49.4 Å². The zero-order valence-corrected chi connectivity index (χ0v) is 31.7. The fraction of sp³-hybridized carbons (Fsp3) is 0.200. The molecule has 0 aromatic carbocycles. The summed E-state index contributed by atoms with van der Waals surface area (Å²) in [7, 11) is 0. The largest absolute Gasteiger partial charge is 0.456 e. The molecule has 34 heteroatoms. The van der Waals surface area contributed by atoms with Crippen molar-refractivity contribution in [3.63, 3.8) is 0 Å². The van der Waals surface area contributed by atoms with E-state index in [4.69, 9.17) is 0 Å². The van der Waals surface area contributed by atoms with Gasteiger partial charge in [-0.15, -0.1) is 0 Å². The second kappa shape index (κ2) is 24.3. The first-order valence-corrected chi connectivity index (χ1v) is 14.5. The molecule has 3 rings (SSSR count). The van der Waals surface area contributed by atoms with E-state index in [0.717, 1.165) is 22.6 Å². The van der Waals surface area contributed by atoms with Crippen molar-refractivity contribution in [1.82, 2.24) is 15.0 Å². The average molecular weight is 1100 g/mol. The van der Waals surface area contributed by atoms with Crippen LogP contribution >= 0.6 is 0 Å². The Morgan fingerprint density at radius 3 is 0.922 bits per heavy atom. The predicted octanol–water partition coefficient (Wildman–Crippen LogP) is 5.46. The minimum absolute atomic E-state index is 0. The maximum Gasteiger partial charge on any atom is 0.456 e. The van der Waals surface area contributed by atoms with Gasteiger partial charge in [0.1, 0.15) is 0 Å². The molecule has 0 amide bonds. The van der Waals surface area contributed by atoms with Crippen LogP contribution in [0.2, 0.25) is 0 Å². The van der Waals surface area contributed by atoms with Crippen molar-refractivity contribution in [1.29, 1.82) is 0 Å². The van der Waals surface area contributed by atoms with E-state index >= 15 is 0 Å². The Balaban J connectivity index is 0. The number of alkyl halides is 15. The fourth-order valence-electron chi connectivity index (χ4n) is 3.17. The standard InChI is InChI=1S/C15H11N3.3C5F6O4.Eu/c1-3-9-16-13(7-1)12-6-5-11-18-15(12)14-8-2-4-10-17-14;3*6-4(7,1(12)2(13)15-11)3(14)5(8,9)10;/h1-11H;;;;. The number of halogens is 18. The maximum absolute atomic E-state index is 12.3. The van der Waals surface area contributed by atoms with E-state index in [1.165, 1.54) is 0 Å². The topological polar surface area (TPSA) is 220 Å². The van der Waals surface area contributed by atoms with Gasteiger partial charge < -0.3 is 0 Å². The molecule has 0 spiro atoms. The van der Waals surface area contributed by atoms with Crippen molar-refractivity contribution >= 4 is 52.6 Å². The van der Waals surface area contributed by atoms with Crippen LogP contribution in [0.15, 0.2) is 67.1 Å². The maximum atomic E-state index is 12.3. The molecule has 15 nitrogen and oxygen atoms in total. The Kier molecular flexibility index (Phi) is 22.9.